The second-order valence-corrected chi connectivity index (χ2v) is 6.05. The highest BCUT2D eigenvalue weighted by Crippen LogP contribution is 2.20. The van der Waals surface area contributed by atoms with Gasteiger partial charge >= 0.3 is 5.97 Å². The van der Waals surface area contributed by atoms with Gasteiger partial charge in [-0.15, -0.1) is 0 Å². The summed E-state index contributed by atoms with van der Waals surface area (Å²) in [5.41, 5.74) is 1.65. The monoisotopic (exact) mass is 344 g/mol. The van der Waals surface area contributed by atoms with Crippen molar-refractivity contribution in [3.63, 3.8) is 0 Å². The quantitative estimate of drug-likeness (QED) is 0.796. The molecule has 0 aliphatic heterocycles. The second kappa shape index (κ2) is 8.46. The van der Waals surface area contributed by atoms with Crippen LogP contribution in [0.1, 0.15) is 49.0 Å². The Morgan fingerprint density at radius 3 is 2.68 bits per heavy atom. The first-order valence-electron chi connectivity index (χ1n) is 8.42. The zero-order chi connectivity index (χ0) is 18.4. The molecule has 1 heterocycles. The zero-order valence-electron chi connectivity index (χ0n) is 14.9. The summed E-state index contributed by atoms with van der Waals surface area (Å²) >= 11 is 0. The van der Waals surface area contributed by atoms with E-state index in [2.05, 4.69) is 5.10 Å². The summed E-state index contributed by atoms with van der Waals surface area (Å²) in [6.07, 6.45) is 2.34. The molecule has 6 heteroatoms. The number of nitrogens with zero attached hydrogens (tertiary/aromatic N) is 2. The molecule has 0 saturated carbocycles. The number of aromatic nitrogens is 2. The Kier molecular flexibility index (Phi) is 6.33. The molecule has 134 valence electrons. The molecule has 1 atom stereocenters. The summed E-state index contributed by atoms with van der Waals surface area (Å²) in [6.45, 7) is 3.75. The Morgan fingerprint density at radius 1 is 1.32 bits per heavy atom. The highest BCUT2D eigenvalue weighted by atomic mass is 16.5. The Bertz CT molecular complexity index is 798. The molecular formula is C19H24N2O4. The van der Waals surface area contributed by atoms with E-state index in [1.54, 1.807) is 20.1 Å². The van der Waals surface area contributed by atoms with Gasteiger partial charge in [0.05, 0.1) is 12.8 Å². The molecule has 25 heavy (non-hydrogen) atoms. The van der Waals surface area contributed by atoms with Crippen LogP contribution in [0.2, 0.25) is 0 Å². The number of ether oxygens (including phenoxy) is 1. The number of hydrogen-bond acceptors (Lipinski definition) is 4. The van der Waals surface area contributed by atoms with Crippen molar-refractivity contribution >= 4 is 5.97 Å². The van der Waals surface area contributed by atoms with Crippen LogP contribution >= 0.6 is 0 Å². The minimum absolute atomic E-state index is 0.361. The lowest BCUT2D eigenvalue weighted by atomic mass is 10.0. The minimum Gasteiger partial charge on any atom is -0.496 e. The molecule has 2 rings (SSSR count). The van der Waals surface area contributed by atoms with E-state index in [0.717, 1.165) is 23.1 Å². The van der Waals surface area contributed by atoms with Gasteiger partial charge in [0.25, 0.3) is 5.56 Å². The third-order valence-electron chi connectivity index (χ3n) is 4.12. The molecule has 1 unspecified atom stereocenters. The van der Waals surface area contributed by atoms with Gasteiger partial charge in [-0.25, -0.2) is 9.48 Å². The molecule has 0 amide bonds. The Hall–Kier alpha value is -2.63. The van der Waals surface area contributed by atoms with Crippen molar-refractivity contribution in [2.24, 2.45) is 0 Å². The Balaban J connectivity index is 2.45. The fourth-order valence-electron chi connectivity index (χ4n) is 2.85. The first-order chi connectivity index (χ1) is 12.0. The zero-order valence-corrected chi connectivity index (χ0v) is 14.9. The maximum absolute atomic E-state index is 12.8. The number of carboxylic acid groups (broad SMARTS) is 1. The van der Waals surface area contributed by atoms with Crippen LogP contribution in [0.3, 0.4) is 0 Å². The van der Waals surface area contributed by atoms with E-state index in [4.69, 9.17) is 4.74 Å². The Labute approximate surface area is 147 Å². The molecular weight excluding hydrogens is 320 g/mol. The van der Waals surface area contributed by atoms with E-state index >= 15 is 0 Å². The predicted molar refractivity (Wildman–Crippen MR) is 95.2 cm³/mol. The van der Waals surface area contributed by atoms with E-state index in [1.807, 2.05) is 31.2 Å². The standard InChI is InChI=1S/C19H24N2O4/c1-4-5-9-16(19(23)24)21-18(22)15(11-13(2)20-21)12-14-8-6-7-10-17(14)25-3/h6-8,10-11,16H,4-5,9,12H2,1-3H3,(H,23,24). The van der Waals surface area contributed by atoms with Crippen LogP contribution in [0.4, 0.5) is 0 Å². The van der Waals surface area contributed by atoms with Crippen molar-refractivity contribution in [3.05, 3.63) is 57.5 Å². The molecule has 0 aliphatic rings. The molecule has 1 aromatic heterocycles. The summed E-state index contributed by atoms with van der Waals surface area (Å²) in [7, 11) is 1.58. The number of unbranched alkanes of at least 4 members (excludes halogenated alkanes) is 1. The molecule has 1 N–H and O–H groups in total. The van der Waals surface area contributed by atoms with Crippen LogP contribution in [0.5, 0.6) is 5.75 Å². The molecule has 1 aromatic carbocycles. The number of hydrogen-bond donors (Lipinski definition) is 1. The number of carboxylic acids is 1. The van der Waals surface area contributed by atoms with E-state index < -0.39 is 12.0 Å². The molecule has 2 aromatic rings. The van der Waals surface area contributed by atoms with Crippen molar-refractivity contribution in [1.29, 1.82) is 0 Å². The fraction of sp³-hybridized carbons (Fsp3) is 0.421. The summed E-state index contributed by atoms with van der Waals surface area (Å²) in [5.74, 6) is -0.333. The van der Waals surface area contributed by atoms with Gasteiger partial charge in [-0.3, -0.25) is 4.79 Å². The molecule has 6 nitrogen and oxygen atoms in total. The van der Waals surface area contributed by atoms with Crippen LogP contribution in [0.25, 0.3) is 0 Å². The maximum Gasteiger partial charge on any atom is 0.328 e. The van der Waals surface area contributed by atoms with Gasteiger partial charge in [-0.05, 0) is 31.0 Å². The fourth-order valence-corrected chi connectivity index (χ4v) is 2.85. The van der Waals surface area contributed by atoms with Crippen LogP contribution in [0, 0.1) is 6.92 Å². The maximum atomic E-state index is 12.8. The first kappa shape index (κ1) is 18.7. The average molecular weight is 344 g/mol. The summed E-state index contributed by atoms with van der Waals surface area (Å²) < 4.78 is 6.46. The molecule has 0 radical (unpaired) electrons. The number of aryl methyl sites for hydroxylation is 1. The average Bonchev–Trinajstić information content (AvgIpc) is 2.59. The topological polar surface area (TPSA) is 81.4 Å². The largest absolute Gasteiger partial charge is 0.496 e. The van der Waals surface area contributed by atoms with Gasteiger partial charge in [-0.1, -0.05) is 38.0 Å². The molecule has 0 saturated heterocycles. The van der Waals surface area contributed by atoms with Crippen LogP contribution in [0.15, 0.2) is 35.1 Å². The van der Waals surface area contributed by atoms with Crippen LogP contribution in [-0.4, -0.2) is 28.0 Å². The SMILES string of the molecule is CCCCC(C(=O)O)n1nc(C)cc(Cc2ccccc2OC)c1=O. The number of methoxy groups -OCH3 is 1. The predicted octanol–water partition coefficient (Wildman–Crippen LogP) is 2.97. The minimum atomic E-state index is -1.03. The normalized spacial score (nSPS) is 12.0. The van der Waals surface area contributed by atoms with Gasteiger partial charge in [0.1, 0.15) is 5.75 Å². The number of rotatable bonds is 8. The number of para-hydroxylation sites is 1. The first-order valence-corrected chi connectivity index (χ1v) is 8.42. The number of carbonyl (C=O) groups is 1. The third-order valence-corrected chi connectivity index (χ3v) is 4.12. The van der Waals surface area contributed by atoms with Crippen molar-refractivity contribution in [2.45, 2.75) is 45.6 Å². The molecule has 0 fully saturated rings. The molecule has 0 bridgehead atoms. The van der Waals surface area contributed by atoms with Crippen LogP contribution in [-0.2, 0) is 11.2 Å². The lowest BCUT2D eigenvalue weighted by molar-refractivity contribution is -0.141. The van der Waals surface area contributed by atoms with Gasteiger partial charge in [-0.2, -0.15) is 5.10 Å². The van der Waals surface area contributed by atoms with Crippen molar-refractivity contribution in [2.75, 3.05) is 7.11 Å². The molecule has 0 aliphatic carbocycles. The van der Waals surface area contributed by atoms with Gasteiger partial charge in [0.2, 0.25) is 0 Å². The number of aliphatic carboxylic acids is 1. The highest BCUT2D eigenvalue weighted by Gasteiger charge is 2.23. The van der Waals surface area contributed by atoms with Gasteiger partial charge in [0, 0.05) is 12.0 Å². The summed E-state index contributed by atoms with van der Waals surface area (Å²) in [4.78, 5) is 24.5. The lowest BCUT2D eigenvalue weighted by Gasteiger charge is -2.16. The Morgan fingerprint density at radius 2 is 2.04 bits per heavy atom. The highest BCUT2D eigenvalue weighted by molar-refractivity contribution is 5.71. The van der Waals surface area contributed by atoms with Crippen molar-refractivity contribution in [3.8, 4) is 5.75 Å². The second-order valence-electron chi connectivity index (χ2n) is 6.05. The van der Waals surface area contributed by atoms with E-state index in [0.29, 0.717) is 29.8 Å². The van der Waals surface area contributed by atoms with E-state index in [1.165, 1.54) is 0 Å². The lowest BCUT2D eigenvalue weighted by Crippen LogP contribution is -2.34. The van der Waals surface area contributed by atoms with E-state index in [9.17, 15) is 14.7 Å². The summed E-state index contributed by atoms with van der Waals surface area (Å²) in [5, 5.41) is 13.7. The van der Waals surface area contributed by atoms with Crippen LogP contribution < -0.4 is 10.3 Å². The van der Waals surface area contributed by atoms with Crippen molar-refractivity contribution < 1.29 is 14.6 Å². The smallest absolute Gasteiger partial charge is 0.328 e. The van der Waals surface area contributed by atoms with Gasteiger partial charge < -0.3 is 9.84 Å². The molecule has 0 spiro atoms. The van der Waals surface area contributed by atoms with Gasteiger partial charge in [0.15, 0.2) is 6.04 Å². The number of benzene rings is 1. The third kappa shape index (κ3) is 4.47. The summed E-state index contributed by atoms with van der Waals surface area (Å²) in [6, 6.07) is 8.25. The van der Waals surface area contributed by atoms with Crippen molar-refractivity contribution in [1.82, 2.24) is 9.78 Å². The van der Waals surface area contributed by atoms with E-state index in [-0.39, 0.29) is 5.56 Å².